The van der Waals surface area contributed by atoms with Gasteiger partial charge in [-0.3, -0.25) is 5.10 Å². The molecule has 0 aliphatic heterocycles. The van der Waals surface area contributed by atoms with E-state index in [1.807, 2.05) is 0 Å². The van der Waals surface area contributed by atoms with Crippen LogP contribution >= 0.6 is 0 Å². The molecule has 1 aromatic heterocycles. The van der Waals surface area contributed by atoms with Gasteiger partial charge in [0.1, 0.15) is 5.75 Å². The van der Waals surface area contributed by atoms with E-state index in [1.165, 1.54) is 7.11 Å². The molecule has 15 heavy (non-hydrogen) atoms. The van der Waals surface area contributed by atoms with Crippen LogP contribution in [0.5, 0.6) is 5.75 Å². The summed E-state index contributed by atoms with van der Waals surface area (Å²) in [5.74, 6) is 0.550. The van der Waals surface area contributed by atoms with E-state index in [4.69, 9.17) is 9.88 Å². The van der Waals surface area contributed by atoms with Crippen molar-refractivity contribution in [1.82, 2.24) is 10.2 Å². The van der Waals surface area contributed by atoms with E-state index in [1.54, 1.807) is 18.2 Å². The number of nitrogens with zero attached hydrogens (tertiary/aromatic N) is 1. The zero-order valence-corrected chi connectivity index (χ0v) is 8.71. The Labute approximate surface area is 86.1 Å². The molecule has 0 amide bonds. The van der Waals surface area contributed by atoms with Crippen molar-refractivity contribution in [2.75, 3.05) is 7.11 Å². The van der Waals surface area contributed by atoms with Gasteiger partial charge < -0.3 is 4.74 Å². The van der Waals surface area contributed by atoms with Gasteiger partial charge in [0, 0.05) is 5.39 Å². The SMILES string of the molecule is COc1ccc2n[nH]c(S(N)(=O)=O)c2c1. The lowest BCUT2D eigenvalue weighted by Crippen LogP contribution is -2.12. The number of rotatable bonds is 2. The number of sulfonamides is 1. The summed E-state index contributed by atoms with van der Waals surface area (Å²) in [6.45, 7) is 0. The first kappa shape index (κ1) is 9.94. The highest BCUT2D eigenvalue weighted by molar-refractivity contribution is 7.89. The van der Waals surface area contributed by atoms with Gasteiger partial charge in [0.2, 0.25) is 0 Å². The van der Waals surface area contributed by atoms with Crippen LogP contribution in [-0.2, 0) is 10.0 Å². The highest BCUT2D eigenvalue weighted by Gasteiger charge is 2.15. The second kappa shape index (κ2) is 3.21. The van der Waals surface area contributed by atoms with Crippen LogP contribution in [0, 0.1) is 0 Å². The zero-order chi connectivity index (χ0) is 11.1. The normalized spacial score (nSPS) is 11.9. The molecule has 1 heterocycles. The summed E-state index contributed by atoms with van der Waals surface area (Å²) >= 11 is 0. The number of aromatic nitrogens is 2. The zero-order valence-electron chi connectivity index (χ0n) is 7.89. The smallest absolute Gasteiger partial charge is 0.255 e. The number of hydrogen-bond acceptors (Lipinski definition) is 4. The Balaban J connectivity index is 2.78. The van der Waals surface area contributed by atoms with Crippen LogP contribution in [0.4, 0.5) is 0 Å². The van der Waals surface area contributed by atoms with Gasteiger partial charge in [-0.05, 0) is 18.2 Å². The first-order valence-corrected chi connectivity index (χ1v) is 5.62. The lowest BCUT2D eigenvalue weighted by Gasteiger charge is -1.99. The Morgan fingerprint density at radius 1 is 1.47 bits per heavy atom. The molecule has 0 spiro atoms. The van der Waals surface area contributed by atoms with Crippen molar-refractivity contribution in [3.8, 4) is 5.75 Å². The maximum absolute atomic E-state index is 11.2. The van der Waals surface area contributed by atoms with Crippen LogP contribution in [0.1, 0.15) is 0 Å². The molecule has 0 atom stereocenters. The average molecular weight is 227 g/mol. The Bertz CT molecular complexity index is 603. The summed E-state index contributed by atoms with van der Waals surface area (Å²) in [7, 11) is -2.29. The monoisotopic (exact) mass is 227 g/mol. The van der Waals surface area contributed by atoms with E-state index >= 15 is 0 Å². The topological polar surface area (TPSA) is 98.1 Å². The third kappa shape index (κ3) is 1.66. The van der Waals surface area contributed by atoms with Crippen LogP contribution in [0.25, 0.3) is 10.9 Å². The molecule has 0 saturated carbocycles. The minimum atomic E-state index is -3.78. The van der Waals surface area contributed by atoms with Crippen LogP contribution in [0.15, 0.2) is 23.2 Å². The average Bonchev–Trinajstić information content (AvgIpc) is 2.59. The van der Waals surface area contributed by atoms with Crippen molar-refractivity contribution in [1.29, 1.82) is 0 Å². The molecule has 0 saturated heterocycles. The van der Waals surface area contributed by atoms with Crippen molar-refractivity contribution in [3.63, 3.8) is 0 Å². The molecule has 1 aromatic carbocycles. The molecule has 7 heteroatoms. The summed E-state index contributed by atoms with van der Waals surface area (Å²) in [6, 6.07) is 4.91. The van der Waals surface area contributed by atoms with Crippen molar-refractivity contribution in [3.05, 3.63) is 18.2 Å². The predicted molar refractivity (Wildman–Crippen MR) is 54.0 cm³/mol. The number of fused-ring (bicyclic) bond motifs is 1. The Morgan fingerprint density at radius 3 is 2.80 bits per heavy atom. The van der Waals surface area contributed by atoms with Crippen LogP contribution in [-0.4, -0.2) is 25.7 Å². The quantitative estimate of drug-likeness (QED) is 0.766. The van der Waals surface area contributed by atoms with Gasteiger partial charge in [-0.1, -0.05) is 0 Å². The molecule has 80 valence electrons. The third-order valence-corrected chi connectivity index (χ3v) is 2.89. The van der Waals surface area contributed by atoms with Gasteiger partial charge in [0.05, 0.1) is 12.6 Å². The maximum atomic E-state index is 11.2. The first-order valence-electron chi connectivity index (χ1n) is 4.07. The molecular weight excluding hydrogens is 218 g/mol. The van der Waals surface area contributed by atoms with Crippen LogP contribution in [0.2, 0.25) is 0 Å². The molecule has 0 bridgehead atoms. The van der Waals surface area contributed by atoms with Gasteiger partial charge in [-0.15, -0.1) is 0 Å². The van der Waals surface area contributed by atoms with Crippen molar-refractivity contribution < 1.29 is 13.2 Å². The van der Waals surface area contributed by atoms with Crippen molar-refractivity contribution in [2.45, 2.75) is 5.03 Å². The number of primary sulfonamides is 1. The van der Waals surface area contributed by atoms with Gasteiger partial charge in [-0.2, -0.15) is 5.10 Å². The van der Waals surface area contributed by atoms with Crippen molar-refractivity contribution in [2.24, 2.45) is 5.14 Å². The van der Waals surface area contributed by atoms with Gasteiger partial charge in [0.25, 0.3) is 10.0 Å². The predicted octanol–water partition coefficient (Wildman–Crippen LogP) is 0.219. The summed E-state index contributed by atoms with van der Waals surface area (Å²) < 4.78 is 27.3. The second-order valence-corrected chi connectivity index (χ2v) is 4.48. The molecule has 0 radical (unpaired) electrons. The Morgan fingerprint density at radius 2 is 2.20 bits per heavy atom. The molecule has 0 aliphatic rings. The van der Waals surface area contributed by atoms with E-state index in [9.17, 15) is 8.42 Å². The molecule has 0 aliphatic carbocycles. The third-order valence-electron chi connectivity index (χ3n) is 2.01. The number of aromatic amines is 1. The molecule has 3 N–H and O–H groups in total. The molecule has 6 nitrogen and oxygen atoms in total. The number of benzene rings is 1. The molecule has 2 rings (SSSR count). The number of hydrogen-bond donors (Lipinski definition) is 2. The van der Waals surface area contributed by atoms with E-state index in [-0.39, 0.29) is 5.03 Å². The summed E-state index contributed by atoms with van der Waals surface area (Å²) in [5.41, 5.74) is 0.528. The van der Waals surface area contributed by atoms with E-state index in [0.29, 0.717) is 16.7 Å². The van der Waals surface area contributed by atoms with Crippen LogP contribution < -0.4 is 9.88 Å². The van der Waals surface area contributed by atoms with Gasteiger partial charge in [-0.25, -0.2) is 13.6 Å². The van der Waals surface area contributed by atoms with E-state index in [0.717, 1.165) is 0 Å². The minimum absolute atomic E-state index is 0.101. The lowest BCUT2D eigenvalue weighted by atomic mass is 10.2. The highest BCUT2D eigenvalue weighted by atomic mass is 32.2. The maximum Gasteiger partial charge on any atom is 0.255 e. The van der Waals surface area contributed by atoms with E-state index in [2.05, 4.69) is 10.2 Å². The standard InChI is InChI=1S/C8H9N3O3S/c1-14-5-2-3-7-6(4-5)8(11-10-7)15(9,12)13/h2-4H,1H3,(H,10,11)(H2,9,12,13). The fourth-order valence-corrected chi connectivity index (χ4v) is 1.95. The largest absolute Gasteiger partial charge is 0.497 e. The number of nitrogens with one attached hydrogen (secondary N) is 1. The fraction of sp³-hybridized carbons (Fsp3) is 0.125. The van der Waals surface area contributed by atoms with Gasteiger partial charge >= 0.3 is 0 Å². The minimum Gasteiger partial charge on any atom is -0.497 e. The Kier molecular flexibility index (Phi) is 2.13. The van der Waals surface area contributed by atoms with Crippen LogP contribution in [0.3, 0.4) is 0 Å². The van der Waals surface area contributed by atoms with E-state index < -0.39 is 10.0 Å². The Hall–Kier alpha value is -1.60. The lowest BCUT2D eigenvalue weighted by molar-refractivity contribution is 0.415. The second-order valence-electron chi connectivity index (χ2n) is 2.98. The first-order chi connectivity index (χ1) is 7.02. The number of ether oxygens (including phenoxy) is 1. The molecular formula is C8H9N3O3S. The summed E-state index contributed by atoms with van der Waals surface area (Å²) in [6.07, 6.45) is 0. The van der Waals surface area contributed by atoms with Crippen molar-refractivity contribution >= 4 is 20.9 Å². The highest BCUT2D eigenvalue weighted by Crippen LogP contribution is 2.23. The fourth-order valence-electron chi connectivity index (χ4n) is 1.31. The summed E-state index contributed by atoms with van der Waals surface area (Å²) in [5, 5.41) is 11.6. The summed E-state index contributed by atoms with van der Waals surface area (Å²) in [4.78, 5) is 0. The number of methoxy groups -OCH3 is 1. The number of H-pyrrole nitrogens is 1. The molecule has 0 fully saturated rings. The number of nitrogens with two attached hydrogens (primary N) is 1. The van der Waals surface area contributed by atoms with Gasteiger partial charge in [0.15, 0.2) is 5.03 Å². The molecule has 0 unspecified atom stereocenters. The molecule has 2 aromatic rings.